The molecule has 21 heavy (non-hydrogen) atoms. The van der Waals surface area contributed by atoms with Crippen LogP contribution in [0.2, 0.25) is 10.0 Å². The zero-order valence-corrected chi connectivity index (χ0v) is 12.7. The van der Waals surface area contributed by atoms with Crippen LogP contribution < -0.4 is 10.5 Å². The van der Waals surface area contributed by atoms with E-state index in [1.165, 1.54) is 13.2 Å². The van der Waals surface area contributed by atoms with E-state index in [1.807, 2.05) is 0 Å². The Labute approximate surface area is 132 Å². The summed E-state index contributed by atoms with van der Waals surface area (Å²) in [5.74, 6) is -0.117. The number of ether oxygens (including phenoxy) is 2. The summed E-state index contributed by atoms with van der Waals surface area (Å²) in [6.45, 7) is 0.0771. The first-order chi connectivity index (χ1) is 10.0. The van der Waals surface area contributed by atoms with Gasteiger partial charge in [0, 0.05) is 5.69 Å². The Kier molecular flexibility index (Phi) is 4.94. The summed E-state index contributed by atoms with van der Waals surface area (Å²) in [7, 11) is 1.47. The minimum Gasteiger partial charge on any atom is -0.496 e. The highest BCUT2D eigenvalue weighted by molar-refractivity contribution is 6.42. The lowest BCUT2D eigenvalue weighted by molar-refractivity contribution is 0.0469. The van der Waals surface area contributed by atoms with Gasteiger partial charge in [-0.25, -0.2) is 4.79 Å². The predicted molar refractivity (Wildman–Crippen MR) is 83.0 cm³/mol. The van der Waals surface area contributed by atoms with Crippen molar-refractivity contribution in [3.8, 4) is 5.75 Å². The summed E-state index contributed by atoms with van der Waals surface area (Å²) in [6.07, 6.45) is 0. The molecule has 0 aliphatic carbocycles. The summed E-state index contributed by atoms with van der Waals surface area (Å²) in [5, 5.41) is 0.857. The third-order valence-corrected chi connectivity index (χ3v) is 3.54. The Bertz CT molecular complexity index is 674. The highest BCUT2D eigenvalue weighted by Gasteiger charge is 2.14. The van der Waals surface area contributed by atoms with Gasteiger partial charge in [0.1, 0.15) is 17.9 Å². The van der Waals surface area contributed by atoms with Crippen molar-refractivity contribution in [2.45, 2.75) is 6.61 Å². The third kappa shape index (κ3) is 3.80. The number of benzene rings is 2. The molecule has 0 aliphatic heterocycles. The first kappa shape index (κ1) is 15.5. The number of carbonyl (C=O) groups excluding carboxylic acids is 1. The van der Waals surface area contributed by atoms with Crippen molar-refractivity contribution in [1.29, 1.82) is 0 Å². The smallest absolute Gasteiger partial charge is 0.342 e. The van der Waals surface area contributed by atoms with Crippen molar-refractivity contribution in [3.63, 3.8) is 0 Å². The zero-order chi connectivity index (χ0) is 15.4. The molecule has 0 aliphatic rings. The molecule has 0 heterocycles. The third-order valence-electron chi connectivity index (χ3n) is 2.80. The number of carbonyl (C=O) groups is 1. The SMILES string of the molecule is COc1ccc(N)cc1C(=O)OCc1ccc(Cl)c(Cl)c1. The van der Waals surface area contributed by atoms with E-state index in [1.54, 1.807) is 30.3 Å². The largest absolute Gasteiger partial charge is 0.496 e. The molecule has 2 aromatic rings. The van der Waals surface area contributed by atoms with Gasteiger partial charge in [0.15, 0.2) is 0 Å². The van der Waals surface area contributed by atoms with Crippen LogP contribution in [0.4, 0.5) is 5.69 Å². The van der Waals surface area contributed by atoms with E-state index in [4.69, 9.17) is 38.4 Å². The van der Waals surface area contributed by atoms with E-state index >= 15 is 0 Å². The van der Waals surface area contributed by atoms with Gasteiger partial charge in [-0.1, -0.05) is 29.3 Å². The second kappa shape index (κ2) is 6.70. The van der Waals surface area contributed by atoms with Gasteiger partial charge < -0.3 is 15.2 Å². The standard InChI is InChI=1S/C15H13Cl2NO3/c1-20-14-5-3-10(18)7-11(14)15(19)21-8-9-2-4-12(16)13(17)6-9/h2-7H,8,18H2,1H3. The normalized spacial score (nSPS) is 10.2. The molecule has 4 nitrogen and oxygen atoms in total. The number of nitrogen functional groups attached to an aromatic ring is 1. The predicted octanol–water partition coefficient (Wildman–Crippen LogP) is 3.94. The quantitative estimate of drug-likeness (QED) is 0.683. The molecule has 2 N–H and O–H groups in total. The molecule has 0 amide bonds. The lowest BCUT2D eigenvalue weighted by atomic mass is 10.2. The molecule has 0 bridgehead atoms. The highest BCUT2D eigenvalue weighted by atomic mass is 35.5. The second-order valence-electron chi connectivity index (χ2n) is 4.28. The summed E-state index contributed by atoms with van der Waals surface area (Å²) in [5.41, 5.74) is 7.14. The van der Waals surface area contributed by atoms with Crippen molar-refractivity contribution < 1.29 is 14.3 Å². The number of methoxy groups -OCH3 is 1. The first-order valence-corrected chi connectivity index (χ1v) is 6.81. The highest BCUT2D eigenvalue weighted by Crippen LogP contribution is 2.24. The van der Waals surface area contributed by atoms with E-state index in [2.05, 4.69) is 0 Å². The van der Waals surface area contributed by atoms with Crippen LogP contribution in [0.1, 0.15) is 15.9 Å². The maximum Gasteiger partial charge on any atom is 0.342 e. The van der Waals surface area contributed by atoms with Gasteiger partial charge in [-0.05, 0) is 35.9 Å². The van der Waals surface area contributed by atoms with Crippen molar-refractivity contribution in [3.05, 3.63) is 57.6 Å². The average Bonchev–Trinajstić information content (AvgIpc) is 2.48. The van der Waals surface area contributed by atoms with E-state index < -0.39 is 5.97 Å². The summed E-state index contributed by atoms with van der Waals surface area (Å²) in [4.78, 5) is 12.1. The van der Waals surface area contributed by atoms with Crippen LogP contribution in [0.5, 0.6) is 5.75 Å². The molecule has 0 spiro atoms. The number of nitrogens with two attached hydrogens (primary N) is 1. The van der Waals surface area contributed by atoms with Gasteiger partial charge in [-0.2, -0.15) is 0 Å². The average molecular weight is 326 g/mol. The van der Waals surface area contributed by atoms with Gasteiger partial charge in [-0.3, -0.25) is 0 Å². The molecule has 6 heteroatoms. The van der Waals surface area contributed by atoms with E-state index in [0.717, 1.165) is 5.56 Å². The lowest BCUT2D eigenvalue weighted by Gasteiger charge is -2.10. The van der Waals surface area contributed by atoms with Crippen LogP contribution in [0.15, 0.2) is 36.4 Å². The van der Waals surface area contributed by atoms with E-state index in [-0.39, 0.29) is 12.2 Å². The van der Waals surface area contributed by atoms with Crippen molar-refractivity contribution in [2.24, 2.45) is 0 Å². The molecule has 0 radical (unpaired) electrons. The molecule has 2 rings (SSSR count). The van der Waals surface area contributed by atoms with Gasteiger partial charge in [0.05, 0.1) is 17.2 Å². The molecule has 2 aromatic carbocycles. The fourth-order valence-corrected chi connectivity index (χ4v) is 2.06. The van der Waals surface area contributed by atoms with Gasteiger partial charge in [-0.15, -0.1) is 0 Å². The van der Waals surface area contributed by atoms with Crippen LogP contribution in [-0.4, -0.2) is 13.1 Å². The zero-order valence-electron chi connectivity index (χ0n) is 11.2. The number of esters is 1. The van der Waals surface area contributed by atoms with Crippen LogP contribution in [0.3, 0.4) is 0 Å². The number of rotatable bonds is 4. The number of anilines is 1. The van der Waals surface area contributed by atoms with Gasteiger partial charge in [0.2, 0.25) is 0 Å². The lowest BCUT2D eigenvalue weighted by Crippen LogP contribution is -2.08. The van der Waals surface area contributed by atoms with E-state index in [9.17, 15) is 4.79 Å². The molecular formula is C15H13Cl2NO3. The second-order valence-corrected chi connectivity index (χ2v) is 5.10. The van der Waals surface area contributed by atoms with Crippen LogP contribution in [0, 0.1) is 0 Å². The number of hydrogen-bond acceptors (Lipinski definition) is 4. The van der Waals surface area contributed by atoms with Crippen LogP contribution in [-0.2, 0) is 11.3 Å². The molecule has 0 fully saturated rings. The minimum atomic E-state index is -0.523. The monoisotopic (exact) mass is 325 g/mol. The Hall–Kier alpha value is -1.91. The Morgan fingerprint density at radius 2 is 1.90 bits per heavy atom. The van der Waals surface area contributed by atoms with E-state index in [0.29, 0.717) is 21.5 Å². The van der Waals surface area contributed by atoms with Crippen LogP contribution in [0.25, 0.3) is 0 Å². The molecule has 0 saturated carbocycles. The van der Waals surface area contributed by atoms with Gasteiger partial charge >= 0.3 is 5.97 Å². The molecular weight excluding hydrogens is 313 g/mol. The fourth-order valence-electron chi connectivity index (χ4n) is 1.74. The number of hydrogen-bond donors (Lipinski definition) is 1. The topological polar surface area (TPSA) is 61.5 Å². The Morgan fingerprint density at radius 3 is 2.57 bits per heavy atom. The minimum absolute atomic E-state index is 0.0771. The Balaban J connectivity index is 2.11. The van der Waals surface area contributed by atoms with Gasteiger partial charge in [0.25, 0.3) is 0 Å². The van der Waals surface area contributed by atoms with Crippen molar-refractivity contribution in [1.82, 2.24) is 0 Å². The van der Waals surface area contributed by atoms with Crippen molar-refractivity contribution in [2.75, 3.05) is 12.8 Å². The molecule has 0 atom stereocenters. The number of halogens is 2. The molecule has 0 unspecified atom stereocenters. The molecule has 0 saturated heterocycles. The first-order valence-electron chi connectivity index (χ1n) is 6.06. The molecule has 0 aromatic heterocycles. The molecule has 110 valence electrons. The summed E-state index contributed by atoms with van der Waals surface area (Å²) in [6, 6.07) is 9.80. The summed E-state index contributed by atoms with van der Waals surface area (Å²) >= 11 is 11.7. The fraction of sp³-hybridized carbons (Fsp3) is 0.133. The Morgan fingerprint density at radius 1 is 1.14 bits per heavy atom. The maximum absolute atomic E-state index is 12.1. The van der Waals surface area contributed by atoms with Crippen LogP contribution >= 0.6 is 23.2 Å². The van der Waals surface area contributed by atoms with Crippen molar-refractivity contribution >= 4 is 34.9 Å². The summed E-state index contributed by atoms with van der Waals surface area (Å²) < 4.78 is 10.3. The maximum atomic E-state index is 12.1.